The molecular formula is C14H20F2N2O2. The highest BCUT2D eigenvalue weighted by Crippen LogP contribution is 2.24. The first kappa shape index (κ1) is 16.4. The Balaban J connectivity index is 2.80. The van der Waals surface area contributed by atoms with E-state index in [9.17, 15) is 13.6 Å². The summed E-state index contributed by atoms with van der Waals surface area (Å²) >= 11 is 0. The fourth-order valence-electron chi connectivity index (χ4n) is 1.64. The van der Waals surface area contributed by atoms with Gasteiger partial charge in [-0.25, -0.2) is 0 Å². The predicted molar refractivity (Wildman–Crippen MR) is 73.9 cm³/mol. The molecule has 0 saturated heterocycles. The third-order valence-corrected chi connectivity index (χ3v) is 3.23. The standard InChI is InChI=1S/C14H20F2N2O2/c1-4-8(2)12(17)13(19)18-10-6-5-9(3)11(7-10)20-14(15)16/h5-8,12,14H,4,17H2,1-3H3,(H,18,19). The number of amides is 1. The van der Waals surface area contributed by atoms with Crippen molar-refractivity contribution < 1.29 is 18.3 Å². The maximum absolute atomic E-state index is 12.2. The smallest absolute Gasteiger partial charge is 0.387 e. The van der Waals surface area contributed by atoms with Gasteiger partial charge in [-0.15, -0.1) is 0 Å². The van der Waals surface area contributed by atoms with Crippen LogP contribution in [0.5, 0.6) is 5.75 Å². The van der Waals surface area contributed by atoms with Crippen LogP contribution in [-0.4, -0.2) is 18.6 Å². The van der Waals surface area contributed by atoms with Crippen molar-refractivity contribution in [3.05, 3.63) is 23.8 Å². The van der Waals surface area contributed by atoms with Crippen molar-refractivity contribution in [2.45, 2.75) is 39.8 Å². The van der Waals surface area contributed by atoms with Crippen LogP contribution in [-0.2, 0) is 4.79 Å². The maximum atomic E-state index is 12.2. The van der Waals surface area contributed by atoms with Crippen LogP contribution < -0.4 is 15.8 Å². The molecule has 0 aliphatic rings. The molecule has 1 amide bonds. The number of aryl methyl sites for hydroxylation is 1. The summed E-state index contributed by atoms with van der Waals surface area (Å²) < 4.78 is 28.9. The van der Waals surface area contributed by atoms with E-state index in [1.54, 1.807) is 19.1 Å². The lowest BCUT2D eigenvalue weighted by Crippen LogP contribution is -2.40. The zero-order chi connectivity index (χ0) is 15.3. The van der Waals surface area contributed by atoms with E-state index < -0.39 is 12.7 Å². The largest absolute Gasteiger partial charge is 0.434 e. The molecule has 1 rings (SSSR count). The Labute approximate surface area is 117 Å². The average molecular weight is 286 g/mol. The summed E-state index contributed by atoms with van der Waals surface area (Å²) in [5.41, 5.74) is 6.75. The number of alkyl halides is 2. The van der Waals surface area contributed by atoms with Gasteiger partial charge in [0.15, 0.2) is 0 Å². The van der Waals surface area contributed by atoms with Gasteiger partial charge in [0.05, 0.1) is 6.04 Å². The van der Waals surface area contributed by atoms with Crippen LogP contribution in [0.1, 0.15) is 25.8 Å². The Morgan fingerprint density at radius 2 is 2.10 bits per heavy atom. The number of halogens is 2. The van der Waals surface area contributed by atoms with Crippen molar-refractivity contribution in [2.75, 3.05) is 5.32 Å². The molecule has 0 aromatic heterocycles. The van der Waals surface area contributed by atoms with E-state index in [0.717, 1.165) is 6.42 Å². The molecule has 6 heteroatoms. The number of hydrogen-bond donors (Lipinski definition) is 2. The van der Waals surface area contributed by atoms with E-state index >= 15 is 0 Å². The molecule has 112 valence electrons. The topological polar surface area (TPSA) is 64.4 Å². The Kier molecular flexibility index (Phi) is 5.88. The molecular weight excluding hydrogens is 266 g/mol. The summed E-state index contributed by atoms with van der Waals surface area (Å²) in [6, 6.07) is 3.94. The van der Waals surface area contributed by atoms with Gasteiger partial charge in [-0.2, -0.15) is 8.78 Å². The summed E-state index contributed by atoms with van der Waals surface area (Å²) in [5.74, 6) is -0.265. The maximum Gasteiger partial charge on any atom is 0.387 e. The number of carbonyl (C=O) groups excluding carboxylic acids is 1. The van der Waals surface area contributed by atoms with E-state index in [2.05, 4.69) is 10.1 Å². The van der Waals surface area contributed by atoms with Crippen LogP contribution in [0.2, 0.25) is 0 Å². The second-order valence-electron chi connectivity index (χ2n) is 4.76. The summed E-state index contributed by atoms with van der Waals surface area (Å²) in [5, 5.41) is 2.61. The van der Waals surface area contributed by atoms with E-state index in [1.807, 2.05) is 13.8 Å². The zero-order valence-electron chi connectivity index (χ0n) is 11.8. The van der Waals surface area contributed by atoms with Crippen molar-refractivity contribution in [1.82, 2.24) is 0 Å². The van der Waals surface area contributed by atoms with Gasteiger partial charge in [-0.1, -0.05) is 26.3 Å². The summed E-state index contributed by atoms with van der Waals surface area (Å²) in [7, 11) is 0. The van der Waals surface area contributed by atoms with Crippen molar-refractivity contribution in [2.24, 2.45) is 11.7 Å². The van der Waals surface area contributed by atoms with E-state index in [0.29, 0.717) is 11.3 Å². The lowest BCUT2D eigenvalue weighted by molar-refractivity contribution is -0.118. The molecule has 4 nitrogen and oxygen atoms in total. The normalized spacial score (nSPS) is 13.9. The van der Waals surface area contributed by atoms with Crippen LogP contribution in [0.4, 0.5) is 14.5 Å². The first-order chi connectivity index (χ1) is 9.35. The van der Waals surface area contributed by atoms with Gasteiger partial charge in [0.1, 0.15) is 5.75 Å². The van der Waals surface area contributed by atoms with E-state index in [4.69, 9.17) is 5.73 Å². The van der Waals surface area contributed by atoms with Crippen molar-refractivity contribution in [3.8, 4) is 5.75 Å². The highest BCUT2D eigenvalue weighted by Gasteiger charge is 2.19. The fourth-order valence-corrected chi connectivity index (χ4v) is 1.64. The van der Waals surface area contributed by atoms with Gasteiger partial charge in [-0.3, -0.25) is 4.79 Å². The molecule has 0 spiro atoms. The summed E-state index contributed by atoms with van der Waals surface area (Å²) in [6.45, 7) is 2.57. The highest BCUT2D eigenvalue weighted by molar-refractivity contribution is 5.95. The minimum absolute atomic E-state index is 0.0370. The molecule has 2 unspecified atom stereocenters. The molecule has 1 aromatic carbocycles. The molecule has 0 bridgehead atoms. The quantitative estimate of drug-likeness (QED) is 0.845. The highest BCUT2D eigenvalue weighted by atomic mass is 19.3. The monoisotopic (exact) mass is 286 g/mol. The van der Waals surface area contributed by atoms with Gasteiger partial charge in [0, 0.05) is 11.8 Å². The fraction of sp³-hybridized carbons (Fsp3) is 0.500. The van der Waals surface area contributed by atoms with Crippen LogP contribution in [0, 0.1) is 12.8 Å². The summed E-state index contributed by atoms with van der Waals surface area (Å²) in [6.07, 6.45) is 0.780. The number of ether oxygens (including phenoxy) is 1. The number of carbonyl (C=O) groups is 1. The van der Waals surface area contributed by atoms with Crippen LogP contribution in [0.15, 0.2) is 18.2 Å². The van der Waals surface area contributed by atoms with Crippen molar-refractivity contribution in [1.29, 1.82) is 0 Å². The number of hydrogen-bond acceptors (Lipinski definition) is 3. The number of nitrogens with one attached hydrogen (secondary N) is 1. The number of anilines is 1. The minimum atomic E-state index is -2.90. The van der Waals surface area contributed by atoms with Gasteiger partial charge >= 0.3 is 6.61 Å². The Bertz CT molecular complexity index is 466. The number of rotatable bonds is 6. The lowest BCUT2D eigenvalue weighted by atomic mass is 9.99. The molecule has 0 heterocycles. The molecule has 2 atom stereocenters. The van der Waals surface area contributed by atoms with Gasteiger partial charge in [-0.05, 0) is 24.5 Å². The molecule has 0 fully saturated rings. The SMILES string of the molecule is CCC(C)C(N)C(=O)Nc1ccc(C)c(OC(F)F)c1. The van der Waals surface area contributed by atoms with Gasteiger partial charge in [0.25, 0.3) is 0 Å². The Morgan fingerprint density at radius 3 is 2.65 bits per heavy atom. The molecule has 0 aliphatic heterocycles. The number of nitrogens with two attached hydrogens (primary N) is 1. The first-order valence-corrected chi connectivity index (χ1v) is 6.47. The van der Waals surface area contributed by atoms with Gasteiger partial charge in [0.2, 0.25) is 5.91 Å². The predicted octanol–water partition coefficient (Wildman–Crippen LogP) is 2.91. The molecule has 20 heavy (non-hydrogen) atoms. The second kappa shape index (κ2) is 7.19. The average Bonchev–Trinajstić information content (AvgIpc) is 2.40. The first-order valence-electron chi connectivity index (χ1n) is 6.47. The molecule has 3 N–H and O–H groups in total. The minimum Gasteiger partial charge on any atom is -0.434 e. The Morgan fingerprint density at radius 1 is 1.45 bits per heavy atom. The van der Waals surface area contributed by atoms with E-state index in [1.165, 1.54) is 6.07 Å². The molecule has 0 saturated carbocycles. The Hall–Kier alpha value is -1.69. The van der Waals surface area contributed by atoms with Crippen LogP contribution in [0.3, 0.4) is 0 Å². The lowest BCUT2D eigenvalue weighted by Gasteiger charge is -2.18. The number of benzene rings is 1. The zero-order valence-corrected chi connectivity index (χ0v) is 11.8. The van der Waals surface area contributed by atoms with Crippen LogP contribution >= 0.6 is 0 Å². The van der Waals surface area contributed by atoms with Gasteiger partial charge < -0.3 is 15.8 Å². The van der Waals surface area contributed by atoms with Crippen LogP contribution in [0.25, 0.3) is 0 Å². The van der Waals surface area contributed by atoms with Crippen molar-refractivity contribution in [3.63, 3.8) is 0 Å². The summed E-state index contributed by atoms with van der Waals surface area (Å²) in [4.78, 5) is 11.9. The third-order valence-electron chi connectivity index (χ3n) is 3.23. The molecule has 0 aliphatic carbocycles. The van der Waals surface area contributed by atoms with Crippen molar-refractivity contribution >= 4 is 11.6 Å². The molecule has 0 radical (unpaired) electrons. The third kappa shape index (κ3) is 4.45. The second-order valence-corrected chi connectivity index (χ2v) is 4.76. The van der Waals surface area contributed by atoms with E-state index in [-0.39, 0.29) is 17.6 Å². The molecule has 1 aromatic rings.